The SMILES string of the molecule is CC(C)(C)OC(=O)C(C=O)c1cccc(-c2ccnc(C3CCCC3)c2)c1. The molecule has 1 atom stereocenters. The third-order valence-electron chi connectivity index (χ3n) is 4.93. The van der Waals surface area contributed by atoms with Gasteiger partial charge in [0, 0.05) is 17.8 Å². The van der Waals surface area contributed by atoms with Crippen LogP contribution in [0.25, 0.3) is 11.1 Å². The van der Waals surface area contributed by atoms with Crippen molar-refractivity contribution in [2.45, 2.75) is 63.9 Å². The summed E-state index contributed by atoms with van der Waals surface area (Å²) in [6, 6.07) is 11.7. The number of hydrogen-bond donors (Lipinski definition) is 0. The van der Waals surface area contributed by atoms with Crippen molar-refractivity contribution in [3.05, 3.63) is 53.9 Å². The summed E-state index contributed by atoms with van der Waals surface area (Å²) in [6.45, 7) is 5.39. The van der Waals surface area contributed by atoms with Gasteiger partial charge in [0.1, 0.15) is 17.8 Å². The molecule has 0 spiro atoms. The summed E-state index contributed by atoms with van der Waals surface area (Å²) in [6.07, 6.45) is 7.43. The van der Waals surface area contributed by atoms with E-state index in [2.05, 4.69) is 11.1 Å². The minimum atomic E-state index is -0.916. The Labute approximate surface area is 161 Å². The fourth-order valence-electron chi connectivity index (χ4n) is 3.62. The highest BCUT2D eigenvalue weighted by Gasteiger charge is 2.26. The first kappa shape index (κ1) is 19.3. The number of esters is 1. The summed E-state index contributed by atoms with van der Waals surface area (Å²) in [4.78, 5) is 28.6. The molecule has 1 heterocycles. The normalized spacial score (nSPS) is 16.1. The first-order chi connectivity index (χ1) is 12.9. The van der Waals surface area contributed by atoms with Crippen molar-refractivity contribution < 1.29 is 14.3 Å². The molecule has 0 aliphatic heterocycles. The van der Waals surface area contributed by atoms with Crippen LogP contribution < -0.4 is 0 Å². The van der Waals surface area contributed by atoms with Crippen LogP contribution in [0.15, 0.2) is 42.6 Å². The second-order valence-corrected chi connectivity index (χ2v) is 8.22. The molecule has 1 aliphatic rings. The smallest absolute Gasteiger partial charge is 0.321 e. The molecule has 27 heavy (non-hydrogen) atoms. The Morgan fingerprint density at radius 3 is 2.52 bits per heavy atom. The Kier molecular flexibility index (Phi) is 5.73. The largest absolute Gasteiger partial charge is 0.459 e. The Balaban J connectivity index is 1.87. The molecule has 142 valence electrons. The zero-order valence-corrected chi connectivity index (χ0v) is 16.3. The standard InChI is InChI=1S/C23H27NO3/c1-23(2,3)27-22(26)20(15-25)19-10-6-9-17(13-19)18-11-12-24-21(14-18)16-7-4-5-8-16/h6,9-16,20H,4-5,7-8H2,1-3H3. The van der Waals surface area contributed by atoms with Gasteiger partial charge in [-0.1, -0.05) is 31.0 Å². The highest BCUT2D eigenvalue weighted by molar-refractivity contribution is 5.94. The minimum absolute atomic E-state index is 0.518. The summed E-state index contributed by atoms with van der Waals surface area (Å²) in [5.41, 5.74) is 3.19. The average Bonchev–Trinajstić information content (AvgIpc) is 3.16. The van der Waals surface area contributed by atoms with Gasteiger partial charge in [0.15, 0.2) is 0 Å². The van der Waals surface area contributed by atoms with Crippen molar-refractivity contribution in [2.24, 2.45) is 0 Å². The van der Waals surface area contributed by atoms with Crippen molar-refractivity contribution in [1.29, 1.82) is 0 Å². The van der Waals surface area contributed by atoms with Crippen molar-refractivity contribution in [3.8, 4) is 11.1 Å². The topological polar surface area (TPSA) is 56.3 Å². The van der Waals surface area contributed by atoms with E-state index < -0.39 is 17.5 Å². The fraction of sp³-hybridized carbons (Fsp3) is 0.435. The number of ether oxygens (including phenoxy) is 1. The number of pyridine rings is 1. The Morgan fingerprint density at radius 2 is 1.85 bits per heavy atom. The van der Waals surface area contributed by atoms with Gasteiger partial charge in [-0.15, -0.1) is 0 Å². The highest BCUT2D eigenvalue weighted by Crippen LogP contribution is 2.34. The van der Waals surface area contributed by atoms with Gasteiger partial charge in [-0.3, -0.25) is 9.78 Å². The van der Waals surface area contributed by atoms with E-state index in [0.717, 1.165) is 16.8 Å². The first-order valence-electron chi connectivity index (χ1n) is 9.62. The molecular weight excluding hydrogens is 338 g/mol. The fourth-order valence-corrected chi connectivity index (χ4v) is 3.62. The molecule has 4 nitrogen and oxygen atoms in total. The molecule has 3 rings (SSSR count). The van der Waals surface area contributed by atoms with Crippen LogP contribution in [0.2, 0.25) is 0 Å². The van der Waals surface area contributed by atoms with Crippen LogP contribution in [-0.4, -0.2) is 22.8 Å². The number of carbonyl (C=O) groups excluding carboxylic acids is 2. The second kappa shape index (κ2) is 8.03. The molecule has 0 amide bonds. The van der Waals surface area contributed by atoms with Crippen LogP contribution in [0.5, 0.6) is 0 Å². The van der Waals surface area contributed by atoms with Crippen LogP contribution in [-0.2, 0) is 14.3 Å². The van der Waals surface area contributed by atoms with Gasteiger partial charge in [-0.05, 0) is 68.5 Å². The third-order valence-corrected chi connectivity index (χ3v) is 4.93. The predicted molar refractivity (Wildman–Crippen MR) is 106 cm³/mol. The molecule has 1 saturated carbocycles. The Hall–Kier alpha value is -2.49. The lowest BCUT2D eigenvalue weighted by molar-refractivity contribution is -0.157. The number of hydrogen-bond acceptors (Lipinski definition) is 4. The summed E-state index contributed by atoms with van der Waals surface area (Å²) in [5, 5.41) is 0. The molecule has 0 bridgehead atoms. The van der Waals surface area contributed by atoms with E-state index in [1.54, 1.807) is 26.8 Å². The molecule has 2 aromatic rings. The lowest BCUT2D eigenvalue weighted by Crippen LogP contribution is -2.28. The second-order valence-electron chi connectivity index (χ2n) is 8.22. The summed E-state index contributed by atoms with van der Waals surface area (Å²) >= 11 is 0. The monoisotopic (exact) mass is 365 g/mol. The third kappa shape index (κ3) is 4.82. The molecule has 4 heteroatoms. The molecule has 1 aromatic heterocycles. The van der Waals surface area contributed by atoms with Crippen LogP contribution >= 0.6 is 0 Å². The predicted octanol–water partition coefficient (Wildman–Crippen LogP) is 5.03. The van der Waals surface area contributed by atoms with Crippen LogP contribution in [0.4, 0.5) is 0 Å². The molecule has 1 unspecified atom stereocenters. The van der Waals surface area contributed by atoms with Crippen molar-refractivity contribution in [2.75, 3.05) is 0 Å². The van der Waals surface area contributed by atoms with Crippen molar-refractivity contribution >= 4 is 12.3 Å². The molecule has 1 aromatic carbocycles. The molecule has 1 fully saturated rings. The van der Waals surface area contributed by atoms with E-state index in [4.69, 9.17) is 4.74 Å². The highest BCUT2D eigenvalue weighted by atomic mass is 16.6. The molecule has 0 radical (unpaired) electrons. The Morgan fingerprint density at radius 1 is 1.15 bits per heavy atom. The van der Waals surface area contributed by atoms with Crippen LogP contribution in [0.3, 0.4) is 0 Å². The van der Waals surface area contributed by atoms with E-state index in [1.165, 1.54) is 25.7 Å². The minimum Gasteiger partial charge on any atom is -0.459 e. The van der Waals surface area contributed by atoms with Gasteiger partial charge in [0.05, 0.1) is 0 Å². The molecule has 0 N–H and O–H groups in total. The molecular formula is C23H27NO3. The lowest BCUT2D eigenvalue weighted by Gasteiger charge is -2.22. The lowest BCUT2D eigenvalue weighted by atomic mass is 9.94. The number of rotatable bonds is 5. The number of nitrogens with zero attached hydrogens (tertiary/aromatic N) is 1. The van der Waals surface area contributed by atoms with Gasteiger partial charge < -0.3 is 9.53 Å². The van der Waals surface area contributed by atoms with E-state index in [9.17, 15) is 9.59 Å². The van der Waals surface area contributed by atoms with E-state index in [0.29, 0.717) is 17.8 Å². The summed E-state index contributed by atoms with van der Waals surface area (Å²) < 4.78 is 5.40. The zero-order chi connectivity index (χ0) is 19.4. The first-order valence-corrected chi connectivity index (χ1v) is 9.62. The quantitative estimate of drug-likeness (QED) is 0.424. The maximum atomic E-state index is 12.4. The number of carbonyl (C=O) groups is 2. The summed E-state index contributed by atoms with van der Waals surface area (Å²) in [7, 11) is 0. The average molecular weight is 365 g/mol. The van der Waals surface area contributed by atoms with Gasteiger partial charge in [-0.25, -0.2) is 0 Å². The number of aromatic nitrogens is 1. The van der Waals surface area contributed by atoms with E-state index in [1.807, 2.05) is 30.5 Å². The van der Waals surface area contributed by atoms with Gasteiger partial charge in [-0.2, -0.15) is 0 Å². The maximum absolute atomic E-state index is 12.4. The van der Waals surface area contributed by atoms with Crippen molar-refractivity contribution in [3.63, 3.8) is 0 Å². The Bertz CT molecular complexity index is 816. The summed E-state index contributed by atoms with van der Waals surface area (Å²) in [5.74, 6) is -0.894. The van der Waals surface area contributed by atoms with Crippen molar-refractivity contribution in [1.82, 2.24) is 4.98 Å². The maximum Gasteiger partial charge on any atom is 0.321 e. The number of aldehydes is 1. The van der Waals surface area contributed by atoms with Gasteiger partial charge in [0.2, 0.25) is 0 Å². The van der Waals surface area contributed by atoms with Crippen LogP contribution in [0, 0.1) is 0 Å². The zero-order valence-electron chi connectivity index (χ0n) is 16.3. The molecule has 1 aliphatic carbocycles. The molecule has 0 saturated heterocycles. The van der Waals surface area contributed by atoms with Gasteiger partial charge >= 0.3 is 5.97 Å². The van der Waals surface area contributed by atoms with E-state index >= 15 is 0 Å². The van der Waals surface area contributed by atoms with Gasteiger partial charge in [0.25, 0.3) is 0 Å². The number of benzene rings is 1. The van der Waals surface area contributed by atoms with Crippen LogP contribution in [0.1, 0.15) is 69.5 Å². The van der Waals surface area contributed by atoms with E-state index in [-0.39, 0.29) is 0 Å².